The van der Waals surface area contributed by atoms with Crippen LogP contribution < -0.4 is 4.74 Å². The summed E-state index contributed by atoms with van der Waals surface area (Å²) in [5.41, 5.74) is 4.28. The maximum absolute atomic E-state index is 10.1. The van der Waals surface area contributed by atoms with Crippen molar-refractivity contribution in [1.82, 2.24) is 4.98 Å². The van der Waals surface area contributed by atoms with Crippen LogP contribution in [0.4, 0.5) is 0 Å². The number of hydrogen-bond donors (Lipinski definition) is 1. The smallest absolute Gasteiger partial charge is 0.227 e. The fourth-order valence-electron chi connectivity index (χ4n) is 3.16. The topological polar surface area (TPSA) is 42.4 Å². The van der Waals surface area contributed by atoms with E-state index in [0.29, 0.717) is 5.88 Å². The van der Waals surface area contributed by atoms with Gasteiger partial charge in [0.15, 0.2) is 0 Å². The minimum absolute atomic E-state index is 0.361. The molecule has 3 aromatic rings. The SMILES string of the molecule is OC1CCc2c(-c3cccnc3Oc3ccccc3)cccc21. The number of ether oxygens (including phenoxy) is 1. The zero-order valence-electron chi connectivity index (χ0n) is 12.6. The van der Waals surface area contributed by atoms with Crippen molar-refractivity contribution in [3.63, 3.8) is 0 Å². The highest BCUT2D eigenvalue weighted by atomic mass is 16.5. The molecule has 0 bridgehead atoms. The highest BCUT2D eigenvalue weighted by molar-refractivity contribution is 5.74. The Bertz CT molecular complexity index is 830. The lowest BCUT2D eigenvalue weighted by Gasteiger charge is -2.13. The van der Waals surface area contributed by atoms with Gasteiger partial charge in [0.25, 0.3) is 0 Å². The van der Waals surface area contributed by atoms with Gasteiger partial charge in [0.05, 0.1) is 6.10 Å². The van der Waals surface area contributed by atoms with Crippen molar-refractivity contribution in [1.29, 1.82) is 0 Å². The first kappa shape index (κ1) is 14.0. The molecule has 1 unspecified atom stereocenters. The number of benzene rings is 2. The Morgan fingerprint density at radius 2 is 1.74 bits per heavy atom. The maximum atomic E-state index is 10.1. The van der Waals surface area contributed by atoms with E-state index in [1.54, 1.807) is 6.20 Å². The van der Waals surface area contributed by atoms with E-state index in [4.69, 9.17) is 4.74 Å². The number of aliphatic hydroxyl groups is 1. The van der Waals surface area contributed by atoms with Crippen LogP contribution in [-0.2, 0) is 6.42 Å². The second-order valence-corrected chi connectivity index (χ2v) is 5.70. The number of para-hydroxylation sites is 1. The van der Waals surface area contributed by atoms with Crippen LogP contribution >= 0.6 is 0 Å². The summed E-state index contributed by atoms with van der Waals surface area (Å²) in [6.07, 6.45) is 3.04. The molecule has 2 aromatic carbocycles. The van der Waals surface area contributed by atoms with Gasteiger partial charge in [-0.15, -0.1) is 0 Å². The van der Waals surface area contributed by atoms with Crippen LogP contribution in [0.15, 0.2) is 66.9 Å². The molecule has 1 aromatic heterocycles. The molecule has 0 saturated carbocycles. The summed E-state index contributed by atoms with van der Waals surface area (Å²) in [6.45, 7) is 0. The predicted molar refractivity (Wildman–Crippen MR) is 89.5 cm³/mol. The molecule has 0 radical (unpaired) electrons. The largest absolute Gasteiger partial charge is 0.438 e. The van der Waals surface area contributed by atoms with E-state index in [0.717, 1.165) is 35.3 Å². The van der Waals surface area contributed by atoms with Crippen molar-refractivity contribution in [2.45, 2.75) is 18.9 Å². The summed E-state index contributed by atoms with van der Waals surface area (Å²) in [4.78, 5) is 4.41. The van der Waals surface area contributed by atoms with Gasteiger partial charge in [-0.1, -0.05) is 36.4 Å². The molecule has 1 aliphatic carbocycles. The summed E-state index contributed by atoms with van der Waals surface area (Å²) in [7, 11) is 0. The molecular formula is C20H17NO2. The number of hydrogen-bond acceptors (Lipinski definition) is 3. The standard InChI is InChI=1S/C20H17NO2/c22-19-12-11-16-15(8-4-9-17(16)19)18-10-5-13-21-20(18)23-14-6-2-1-3-7-14/h1-10,13,19,22H,11-12H2. The van der Waals surface area contributed by atoms with E-state index in [1.807, 2.05) is 54.6 Å². The van der Waals surface area contributed by atoms with Crippen molar-refractivity contribution in [3.8, 4) is 22.8 Å². The number of pyridine rings is 1. The van der Waals surface area contributed by atoms with Gasteiger partial charge in [0, 0.05) is 11.8 Å². The highest BCUT2D eigenvalue weighted by Crippen LogP contribution is 2.40. The first-order chi connectivity index (χ1) is 11.3. The third-order valence-corrected chi connectivity index (χ3v) is 4.26. The van der Waals surface area contributed by atoms with Crippen molar-refractivity contribution in [2.24, 2.45) is 0 Å². The quantitative estimate of drug-likeness (QED) is 0.773. The van der Waals surface area contributed by atoms with Crippen molar-refractivity contribution >= 4 is 0 Å². The molecular weight excluding hydrogens is 286 g/mol. The van der Waals surface area contributed by atoms with Crippen LogP contribution in [-0.4, -0.2) is 10.1 Å². The van der Waals surface area contributed by atoms with Gasteiger partial charge in [-0.05, 0) is 53.8 Å². The molecule has 3 nitrogen and oxygen atoms in total. The minimum atomic E-state index is -0.361. The van der Waals surface area contributed by atoms with E-state index >= 15 is 0 Å². The summed E-state index contributed by atoms with van der Waals surface area (Å²) in [6, 6.07) is 19.7. The molecule has 23 heavy (non-hydrogen) atoms. The zero-order valence-corrected chi connectivity index (χ0v) is 12.6. The lowest BCUT2D eigenvalue weighted by Crippen LogP contribution is -1.95. The molecule has 0 saturated heterocycles. The van der Waals surface area contributed by atoms with E-state index in [9.17, 15) is 5.11 Å². The average Bonchev–Trinajstić information content (AvgIpc) is 2.98. The number of rotatable bonds is 3. The Morgan fingerprint density at radius 1 is 0.913 bits per heavy atom. The molecule has 0 amide bonds. The second kappa shape index (κ2) is 5.86. The first-order valence-electron chi connectivity index (χ1n) is 7.81. The van der Waals surface area contributed by atoms with E-state index in [1.165, 1.54) is 5.56 Å². The van der Waals surface area contributed by atoms with Gasteiger partial charge in [0.2, 0.25) is 5.88 Å². The van der Waals surface area contributed by atoms with Crippen molar-refractivity contribution in [2.75, 3.05) is 0 Å². The Morgan fingerprint density at radius 3 is 2.61 bits per heavy atom. The highest BCUT2D eigenvalue weighted by Gasteiger charge is 2.24. The monoisotopic (exact) mass is 303 g/mol. The fourth-order valence-corrected chi connectivity index (χ4v) is 3.16. The molecule has 0 aliphatic heterocycles. The van der Waals surface area contributed by atoms with Crippen LogP contribution in [0.2, 0.25) is 0 Å². The van der Waals surface area contributed by atoms with Gasteiger partial charge in [-0.2, -0.15) is 0 Å². The van der Waals surface area contributed by atoms with E-state index in [2.05, 4.69) is 11.1 Å². The number of aromatic nitrogens is 1. The summed E-state index contributed by atoms with van der Waals surface area (Å²) in [5, 5.41) is 10.1. The van der Waals surface area contributed by atoms with Crippen molar-refractivity contribution in [3.05, 3.63) is 78.0 Å². The summed E-state index contributed by atoms with van der Waals surface area (Å²) >= 11 is 0. The molecule has 114 valence electrons. The Kier molecular flexibility index (Phi) is 3.56. The first-order valence-corrected chi connectivity index (χ1v) is 7.81. The van der Waals surface area contributed by atoms with Crippen LogP contribution in [0.5, 0.6) is 11.6 Å². The van der Waals surface area contributed by atoms with Gasteiger partial charge >= 0.3 is 0 Å². The van der Waals surface area contributed by atoms with Gasteiger partial charge < -0.3 is 9.84 Å². The molecule has 1 N–H and O–H groups in total. The number of nitrogens with zero attached hydrogens (tertiary/aromatic N) is 1. The van der Waals surface area contributed by atoms with Gasteiger partial charge in [0.1, 0.15) is 5.75 Å². The third-order valence-electron chi connectivity index (χ3n) is 4.26. The molecule has 0 spiro atoms. The molecule has 0 fully saturated rings. The Hall–Kier alpha value is -2.65. The molecule has 1 aliphatic rings. The molecule has 1 atom stereocenters. The number of fused-ring (bicyclic) bond motifs is 1. The fraction of sp³-hybridized carbons (Fsp3) is 0.150. The Balaban J connectivity index is 1.79. The Labute approximate surface area is 135 Å². The maximum Gasteiger partial charge on any atom is 0.227 e. The van der Waals surface area contributed by atoms with Crippen molar-refractivity contribution < 1.29 is 9.84 Å². The van der Waals surface area contributed by atoms with Crippen LogP contribution in [0, 0.1) is 0 Å². The third kappa shape index (κ3) is 2.60. The molecule has 3 heteroatoms. The second-order valence-electron chi connectivity index (χ2n) is 5.70. The molecule has 4 rings (SSSR count). The summed E-state index contributed by atoms with van der Waals surface area (Å²) < 4.78 is 5.98. The van der Waals surface area contributed by atoms with E-state index in [-0.39, 0.29) is 6.10 Å². The average molecular weight is 303 g/mol. The van der Waals surface area contributed by atoms with E-state index < -0.39 is 0 Å². The minimum Gasteiger partial charge on any atom is -0.438 e. The zero-order chi connectivity index (χ0) is 15.6. The van der Waals surface area contributed by atoms with Gasteiger partial charge in [-0.25, -0.2) is 4.98 Å². The van der Waals surface area contributed by atoms with Crippen LogP contribution in [0.1, 0.15) is 23.7 Å². The van der Waals surface area contributed by atoms with Crippen LogP contribution in [0.25, 0.3) is 11.1 Å². The normalized spacial score (nSPS) is 16.1. The summed E-state index contributed by atoms with van der Waals surface area (Å²) in [5.74, 6) is 1.36. The molecule has 1 heterocycles. The lowest BCUT2D eigenvalue weighted by atomic mass is 9.97. The predicted octanol–water partition coefficient (Wildman–Crippen LogP) is 4.52. The number of aliphatic hydroxyl groups excluding tert-OH is 1. The lowest BCUT2D eigenvalue weighted by molar-refractivity contribution is 0.180. The van der Waals surface area contributed by atoms with Gasteiger partial charge in [-0.3, -0.25) is 0 Å². The van der Waals surface area contributed by atoms with Crippen LogP contribution in [0.3, 0.4) is 0 Å².